The average molecular weight is 294 g/mol. The number of hydrogen-bond acceptors (Lipinski definition) is 4. The van der Waals surface area contributed by atoms with Crippen molar-refractivity contribution in [1.82, 2.24) is 4.90 Å². The summed E-state index contributed by atoms with van der Waals surface area (Å²) in [5, 5.41) is 0. The molecule has 0 aromatic heterocycles. The predicted octanol–water partition coefficient (Wildman–Crippen LogP) is 2.31. The zero-order chi connectivity index (χ0) is 15.7. The first-order valence-electron chi connectivity index (χ1n) is 7.39. The van der Waals surface area contributed by atoms with Gasteiger partial charge in [-0.1, -0.05) is 19.9 Å². The van der Waals surface area contributed by atoms with E-state index in [-0.39, 0.29) is 18.6 Å². The average Bonchev–Trinajstić information content (AvgIpc) is 2.49. The van der Waals surface area contributed by atoms with Crippen LogP contribution < -0.4 is 10.5 Å². The predicted molar refractivity (Wildman–Crippen MR) is 84.3 cm³/mol. The second-order valence-electron chi connectivity index (χ2n) is 4.91. The first-order chi connectivity index (χ1) is 10.1. The Hall–Kier alpha value is -1.75. The van der Waals surface area contributed by atoms with E-state index in [1.807, 2.05) is 4.90 Å². The topological polar surface area (TPSA) is 64.8 Å². The van der Waals surface area contributed by atoms with Gasteiger partial charge in [0, 0.05) is 31.5 Å². The van der Waals surface area contributed by atoms with Crippen molar-refractivity contribution in [2.24, 2.45) is 0 Å². The molecule has 2 N–H and O–H groups in total. The van der Waals surface area contributed by atoms with E-state index in [0.29, 0.717) is 24.6 Å². The van der Waals surface area contributed by atoms with Crippen LogP contribution in [0.5, 0.6) is 5.75 Å². The van der Waals surface area contributed by atoms with E-state index in [2.05, 4.69) is 13.8 Å². The van der Waals surface area contributed by atoms with Crippen LogP contribution in [0.15, 0.2) is 24.3 Å². The molecule has 0 aliphatic heterocycles. The number of amides is 1. The van der Waals surface area contributed by atoms with Crippen LogP contribution in [0.4, 0.5) is 5.69 Å². The number of hydrogen-bond donors (Lipinski definition) is 1. The van der Waals surface area contributed by atoms with Crippen molar-refractivity contribution < 1.29 is 14.3 Å². The maximum absolute atomic E-state index is 12.4. The lowest BCUT2D eigenvalue weighted by atomic mass is 10.1. The van der Waals surface area contributed by atoms with Gasteiger partial charge < -0.3 is 20.1 Å². The molecule has 0 radical (unpaired) electrons. The Kier molecular flexibility index (Phi) is 7.61. The highest BCUT2D eigenvalue weighted by atomic mass is 16.5. The smallest absolute Gasteiger partial charge is 0.260 e. The Morgan fingerprint density at radius 1 is 1.33 bits per heavy atom. The fourth-order valence-electron chi connectivity index (χ4n) is 2.26. The lowest BCUT2D eigenvalue weighted by molar-refractivity contribution is -0.136. The van der Waals surface area contributed by atoms with Crippen LogP contribution in [-0.2, 0) is 9.53 Å². The highest BCUT2D eigenvalue weighted by Crippen LogP contribution is 2.15. The summed E-state index contributed by atoms with van der Waals surface area (Å²) >= 11 is 0. The van der Waals surface area contributed by atoms with E-state index in [1.165, 1.54) is 0 Å². The van der Waals surface area contributed by atoms with Crippen molar-refractivity contribution in [1.29, 1.82) is 0 Å². The Morgan fingerprint density at radius 3 is 2.62 bits per heavy atom. The van der Waals surface area contributed by atoms with Gasteiger partial charge in [0.2, 0.25) is 0 Å². The van der Waals surface area contributed by atoms with Crippen molar-refractivity contribution >= 4 is 11.6 Å². The molecule has 1 amide bonds. The van der Waals surface area contributed by atoms with Gasteiger partial charge in [-0.25, -0.2) is 0 Å². The molecule has 1 rings (SSSR count). The van der Waals surface area contributed by atoms with Gasteiger partial charge in [-0.05, 0) is 25.0 Å². The van der Waals surface area contributed by atoms with E-state index in [9.17, 15) is 4.79 Å². The second-order valence-corrected chi connectivity index (χ2v) is 4.91. The summed E-state index contributed by atoms with van der Waals surface area (Å²) in [6.45, 7) is 5.30. The van der Waals surface area contributed by atoms with Gasteiger partial charge in [-0.3, -0.25) is 4.79 Å². The number of nitrogen functional groups attached to an aromatic ring is 1. The molecule has 0 aliphatic carbocycles. The highest BCUT2D eigenvalue weighted by molar-refractivity contribution is 5.78. The normalized spacial score (nSPS) is 10.7. The standard InChI is InChI=1S/C16H26N2O3/c1-4-14(5-2)18(9-10-20-3)16(19)12-21-15-8-6-7-13(17)11-15/h6-8,11,14H,4-5,9-10,12,17H2,1-3H3. The molecule has 0 atom stereocenters. The van der Waals surface area contributed by atoms with E-state index >= 15 is 0 Å². The molecule has 0 spiro atoms. The third-order valence-corrected chi connectivity index (χ3v) is 3.46. The molecule has 0 saturated heterocycles. The molecule has 0 bridgehead atoms. The van der Waals surface area contributed by atoms with Gasteiger partial charge in [-0.15, -0.1) is 0 Å². The third-order valence-electron chi connectivity index (χ3n) is 3.46. The maximum Gasteiger partial charge on any atom is 0.260 e. The molecule has 5 heteroatoms. The molecule has 118 valence electrons. The van der Waals surface area contributed by atoms with E-state index in [0.717, 1.165) is 12.8 Å². The SMILES string of the molecule is CCC(CC)N(CCOC)C(=O)COc1cccc(N)c1. The molecule has 0 unspecified atom stereocenters. The van der Waals surface area contributed by atoms with Crippen molar-refractivity contribution in [3.05, 3.63) is 24.3 Å². The van der Waals surface area contributed by atoms with Crippen LogP contribution in [0.1, 0.15) is 26.7 Å². The molecule has 5 nitrogen and oxygen atoms in total. The van der Waals surface area contributed by atoms with Gasteiger partial charge >= 0.3 is 0 Å². The molecule has 1 aromatic carbocycles. The second kappa shape index (κ2) is 9.23. The minimum atomic E-state index is -0.0248. The van der Waals surface area contributed by atoms with Gasteiger partial charge in [0.05, 0.1) is 6.61 Å². The quantitative estimate of drug-likeness (QED) is 0.710. The summed E-state index contributed by atoms with van der Waals surface area (Å²) in [6, 6.07) is 7.31. The largest absolute Gasteiger partial charge is 0.484 e. The van der Waals surface area contributed by atoms with Crippen molar-refractivity contribution in [2.75, 3.05) is 32.6 Å². The number of rotatable bonds is 9. The summed E-state index contributed by atoms with van der Waals surface area (Å²) < 4.78 is 10.6. The molecule has 0 aliphatic rings. The Balaban J connectivity index is 2.62. The van der Waals surface area contributed by atoms with Crippen molar-refractivity contribution in [2.45, 2.75) is 32.7 Å². The maximum atomic E-state index is 12.4. The zero-order valence-corrected chi connectivity index (χ0v) is 13.2. The number of methoxy groups -OCH3 is 1. The Labute approximate surface area is 127 Å². The molecule has 1 aromatic rings. The number of carbonyl (C=O) groups excluding carboxylic acids is 1. The van der Waals surface area contributed by atoms with Crippen LogP contribution in [-0.4, -0.2) is 43.7 Å². The Bertz CT molecular complexity index is 433. The van der Waals surface area contributed by atoms with Crippen molar-refractivity contribution in [3.8, 4) is 5.75 Å². The minimum Gasteiger partial charge on any atom is -0.484 e. The van der Waals surface area contributed by atoms with Crippen LogP contribution in [0.3, 0.4) is 0 Å². The fraction of sp³-hybridized carbons (Fsp3) is 0.562. The summed E-state index contributed by atoms with van der Waals surface area (Å²) in [4.78, 5) is 14.2. The van der Waals surface area contributed by atoms with Crippen LogP contribution in [0.2, 0.25) is 0 Å². The fourth-order valence-corrected chi connectivity index (χ4v) is 2.26. The summed E-state index contributed by atoms with van der Waals surface area (Å²) in [7, 11) is 1.64. The van der Waals surface area contributed by atoms with E-state index in [1.54, 1.807) is 31.4 Å². The summed E-state index contributed by atoms with van der Waals surface area (Å²) in [6.07, 6.45) is 1.84. The summed E-state index contributed by atoms with van der Waals surface area (Å²) in [5.74, 6) is 0.586. The van der Waals surface area contributed by atoms with Crippen LogP contribution in [0, 0.1) is 0 Å². The van der Waals surface area contributed by atoms with Crippen molar-refractivity contribution in [3.63, 3.8) is 0 Å². The highest BCUT2D eigenvalue weighted by Gasteiger charge is 2.21. The number of carbonyl (C=O) groups is 1. The van der Waals surface area contributed by atoms with Gasteiger partial charge in [0.15, 0.2) is 6.61 Å². The number of nitrogens with zero attached hydrogens (tertiary/aromatic N) is 1. The Morgan fingerprint density at radius 2 is 2.05 bits per heavy atom. The van der Waals surface area contributed by atoms with E-state index < -0.39 is 0 Å². The third kappa shape index (κ3) is 5.63. The first-order valence-corrected chi connectivity index (χ1v) is 7.39. The number of nitrogens with two attached hydrogens (primary N) is 1. The number of anilines is 1. The molecule has 0 fully saturated rings. The number of ether oxygens (including phenoxy) is 2. The van der Waals surface area contributed by atoms with Crippen LogP contribution >= 0.6 is 0 Å². The molecule has 0 saturated carbocycles. The lowest BCUT2D eigenvalue weighted by Crippen LogP contribution is -2.44. The van der Waals surface area contributed by atoms with Gasteiger partial charge in [0.25, 0.3) is 5.91 Å². The molecule has 21 heavy (non-hydrogen) atoms. The zero-order valence-electron chi connectivity index (χ0n) is 13.2. The number of benzene rings is 1. The first kappa shape index (κ1) is 17.3. The van der Waals surface area contributed by atoms with Gasteiger partial charge in [-0.2, -0.15) is 0 Å². The lowest BCUT2D eigenvalue weighted by Gasteiger charge is -2.30. The molecular weight excluding hydrogens is 268 g/mol. The van der Waals surface area contributed by atoms with Gasteiger partial charge in [0.1, 0.15) is 5.75 Å². The van der Waals surface area contributed by atoms with Crippen LogP contribution in [0.25, 0.3) is 0 Å². The molecular formula is C16H26N2O3. The van der Waals surface area contributed by atoms with E-state index in [4.69, 9.17) is 15.2 Å². The monoisotopic (exact) mass is 294 g/mol. The minimum absolute atomic E-state index is 0.0175. The molecule has 0 heterocycles. The summed E-state index contributed by atoms with van der Waals surface area (Å²) in [5.41, 5.74) is 6.31.